The van der Waals surface area contributed by atoms with Gasteiger partial charge in [-0.3, -0.25) is 0 Å². The Morgan fingerprint density at radius 2 is 2.09 bits per heavy atom. The summed E-state index contributed by atoms with van der Waals surface area (Å²) in [7, 11) is 0. The number of hydrogen-bond donors (Lipinski definition) is 4. The maximum absolute atomic E-state index is 13.3. The Bertz CT molecular complexity index is 1320. The molecule has 1 amide bonds. The maximum Gasteiger partial charge on any atom is 0.404 e. The third kappa shape index (κ3) is 5.78. The van der Waals surface area contributed by atoms with Crippen molar-refractivity contribution in [2.24, 2.45) is 0 Å². The van der Waals surface area contributed by atoms with E-state index in [4.69, 9.17) is 21.4 Å². The van der Waals surface area contributed by atoms with Crippen molar-refractivity contribution in [3.8, 4) is 5.75 Å². The molecule has 33 heavy (non-hydrogen) atoms. The Morgan fingerprint density at radius 3 is 2.88 bits per heavy atom. The van der Waals surface area contributed by atoms with E-state index in [9.17, 15) is 9.18 Å². The minimum Gasteiger partial charge on any atom is -0.487 e. The first-order chi connectivity index (χ1) is 16.0. The number of carboxylic acid groups (broad SMARTS) is 1. The van der Waals surface area contributed by atoms with Crippen molar-refractivity contribution in [1.82, 2.24) is 20.3 Å². The fraction of sp³-hybridized carbons (Fsp3) is 0.0870. The molecule has 168 valence electrons. The molecule has 0 aliphatic rings. The number of H-pyrrole nitrogens is 1. The number of aromatic nitrogens is 3. The minimum absolute atomic E-state index is 0.188. The van der Waals surface area contributed by atoms with Crippen molar-refractivity contribution in [2.45, 2.75) is 6.61 Å². The number of hydrogen-bond acceptors (Lipinski definition) is 5. The quantitative estimate of drug-likeness (QED) is 0.278. The van der Waals surface area contributed by atoms with Gasteiger partial charge in [-0.25, -0.2) is 19.2 Å². The van der Waals surface area contributed by atoms with E-state index in [-0.39, 0.29) is 19.0 Å². The Kier molecular flexibility index (Phi) is 6.70. The van der Waals surface area contributed by atoms with Gasteiger partial charge in [0, 0.05) is 17.9 Å². The van der Waals surface area contributed by atoms with Crippen LogP contribution >= 0.6 is 11.6 Å². The predicted octanol–water partition coefficient (Wildman–Crippen LogP) is 5.35. The number of nitrogens with one attached hydrogen (secondary N) is 3. The van der Waals surface area contributed by atoms with Crippen LogP contribution in [0.1, 0.15) is 11.3 Å². The van der Waals surface area contributed by atoms with Crippen molar-refractivity contribution in [3.63, 3.8) is 0 Å². The number of fused-ring (bicyclic) bond motifs is 1. The number of anilines is 2. The smallest absolute Gasteiger partial charge is 0.404 e. The zero-order chi connectivity index (χ0) is 23.2. The summed E-state index contributed by atoms with van der Waals surface area (Å²) in [5.74, 6) is 0.701. The van der Waals surface area contributed by atoms with Crippen LogP contribution in [0.4, 0.5) is 20.7 Å². The summed E-state index contributed by atoms with van der Waals surface area (Å²) >= 11 is 6.37. The Balaban J connectivity index is 1.46. The van der Waals surface area contributed by atoms with Crippen LogP contribution in [0.3, 0.4) is 0 Å². The average molecular weight is 468 g/mol. The normalized spacial score (nSPS) is 11.1. The Morgan fingerprint density at radius 1 is 1.21 bits per heavy atom. The molecule has 0 unspecified atom stereocenters. The lowest BCUT2D eigenvalue weighted by Gasteiger charge is -2.11. The van der Waals surface area contributed by atoms with E-state index in [2.05, 4.69) is 25.6 Å². The molecule has 4 N–H and O–H groups in total. The van der Waals surface area contributed by atoms with Gasteiger partial charge in [0.15, 0.2) is 5.82 Å². The molecule has 0 aliphatic heterocycles. The fourth-order valence-corrected chi connectivity index (χ4v) is 3.33. The molecule has 0 saturated heterocycles. The summed E-state index contributed by atoms with van der Waals surface area (Å²) in [5, 5.41) is 14.5. The molecule has 0 fully saturated rings. The van der Waals surface area contributed by atoms with Crippen LogP contribution in [0, 0.1) is 5.82 Å². The van der Waals surface area contributed by atoms with Crippen molar-refractivity contribution in [3.05, 3.63) is 83.0 Å². The number of nitrogens with zero attached hydrogens (tertiary/aromatic N) is 2. The number of aromatic amines is 1. The molecular formula is C23H19ClFN5O3. The topological polar surface area (TPSA) is 112 Å². The number of carbonyl (C=O) groups is 1. The van der Waals surface area contributed by atoms with Crippen LogP contribution in [0.2, 0.25) is 5.02 Å². The molecule has 2 aromatic heterocycles. The van der Waals surface area contributed by atoms with E-state index in [1.807, 2.05) is 6.07 Å². The minimum atomic E-state index is -1.09. The lowest BCUT2D eigenvalue weighted by molar-refractivity contribution is 0.195. The first-order valence-corrected chi connectivity index (χ1v) is 10.3. The molecule has 2 aromatic carbocycles. The van der Waals surface area contributed by atoms with Crippen molar-refractivity contribution in [1.29, 1.82) is 0 Å². The third-order valence-electron chi connectivity index (χ3n) is 4.58. The summed E-state index contributed by atoms with van der Waals surface area (Å²) in [5.41, 5.74) is 3.52. The van der Waals surface area contributed by atoms with Crippen molar-refractivity contribution in [2.75, 3.05) is 11.9 Å². The average Bonchev–Trinajstić information content (AvgIpc) is 3.20. The van der Waals surface area contributed by atoms with Crippen LogP contribution in [0.25, 0.3) is 17.1 Å². The standard InChI is InChI=1S/C23H19ClFN5O3/c24-18-10-17(6-7-20(18)33-12-14-3-1-4-15(25)9-14)30-22-21-19(27-13-28-22)11-16(29-21)5-2-8-26-23(31)32/h1-7,9-11,13,26,29H,8,12H2,(H,31,32)(H,27,28,30). The van der Waals surface area contributed by atoms with E-state index in [0.717, 1.165) is 5.69 Å². The van der Waals surface area contributed by atoms with E-state index in [1.165, 1.54) is 18.5 Å². The second-order valence-corrected chi connectivity index (χ2v) is 7.39. The van der Waals surface area contributed by atoms with Crippen LogP contribution in [0.5, 0.6) is 5.75 Å². The van der Waals surface area contributed by atoms with Gasteiger partial charge in [-0.05, 0) is 48.0 Å². The van der Waals surface area contributed by atoms with Gasteiger partial charge < -0.3 is 25.5 Å². The SMILES string of the molecule is O=C(O)NCC=Cc1cc2ncnc(Nc3ccc(OCc4cccc(F)c4)c(Cl)c3)c2[nH]1. The second kappa shape index (κ2) is 10.0. The molecular weight excluding hydrogens is 449 g/mol. The Labute approximate surface area is 193 Å². The maximum atomic E-state index is 13.3. The summed E-state index contributed by atoms with van der Waals surface area (Å²) in [4.78, 5) is 22.3. The number of benzene rings is 2. The van der Waals surface area contributed by atoms with Gasteiger partial charge >= 0.3 is 6.09 Å². The highest BCUT2D eigenvalue weighted by molar-refractivity contribution is 6.32. The fourth-order valence-electron chi connectivity index (χ4n) is 3.10. The predicted molar refractivity (Wildman–Crippen MR) is 124 cm³/mol. The van der Waals surface area contributed by atoms with Crippen molar-refractivity contribution >= 4 is 46.3 Å². The molecule has 0 radical (unpaired) electrons. The van der Waals surface area contributed by atoms with Gasteiger partial charge in [-0.2, -0.15) is 0 Å². The lowest BCUT2D eigenvalue weighted by atomic mass is 10.2. The summed E-state index contributed by atoms with van der Waals surface area (Å²) in [6.45, 7) is 0.380. The van der Waals surface area contributed by atoms with Crippen LogP contribution in [-0.4, -0.2) is 32.7 Å². The molecule has 0 bridgehead atoms. The number of amides is 1. The molecule has 8 nitrogen and oxygen atoms in total. The molecule has 0 aliphatic carbocycles. The molecule has 4 rings (SSSR count). The van der Waals surface area contributed by atoms with E-state index in [1.54, 1.807) is 42.5 Å². The zero-order valence-electron chi connectivity index (χ0n) is 17.2. The van der Waals surface area contributed by atoms with Crippen LogP contribution in [0.15, 0.2) is 60.9 Å². The molecule has 4 aromatic rings. The van der Waals surface area contributed by atoms with Crippen LogP contribution < -0.4 is 15.4 Å². The highest BCUT2D eigenvalue weighted by atomic mass is 35.5. The largest absolute Gasteiger partial charge is 0.487 e. The molecule has 0 atom stereocenters. The summed E-state index contributed by atoms with van der Waals surface area (Å²) < 4.78 is 19.0. The first-order valence-electron chi connectivity index (χ1n) is 9.89. The van der Waals surface area contributed by atoms with Gasteiger partial charge in [0.25, 0.3) is 0 Å². The molecule has 0 saturated carbocycles. The van der Waals surface area contributed by atoms with Gasteiger partial charge in [0.05, 0.1) is 10.5 Å². The number of halogens is 2. The van der Waals surface area contributed by atoms with Crippen LogP contribution in [-0.2, 0) is 6.61 Å². The number of rotatable bonds is 8. The first kappa shape index (κ1) is 22.1. The van der Waals surface area contributed by atoms with E-state index < -0.39 is 6.09 Å². The number of ether oxygens (including phenoxy) is 1. The second-order valence-electron chi connectivity index (χ2n) is 6.98. The zero-order valence-corrected chi connectivity index (χ0v) is 17.9. The van der Waals surface area contributed by atoms with Gasteiger partial charge in [-0.15, -0.1) is 0 Å². The van der Waals surface area contributed by atoms with Gasteiger partial charge in [0.1, 0.15) is 30.0 Å². The summed E-state index contributed by atoms with van der Waals surface area (Å²) in [6.07, 6.45) is 3.79. The Hall–Kier alpha value is -4.11. The van der Waals surface area contributed by atoms with E-state index in [0.29, 0.717) is 38.9 Å². The highest BCUT2D eigenvalue weighted by Gasteiger charge is 2.10. The highest BCUT2D eigenvalue weighted by Crippen LogP contribution is 2.31. The molecule has 2 heterocycles. The molecule has 10 heteroatoms. The van der Waals surface area contributed by atoms with Gasteiger partial charge in [0.2, 0.25) is 0 Å². The third-order valence-corrected chi connectivity index (χ3v) is 4.88. The summed E-state index contributed by atoms with van der Waals surface area (Å²) in [6, 6.07) is 13.2. The molecule has 0 spiro atoms. The van der Waals surface area contributed by atoms with Crippen molar-refractivity contribution < 1.29 is 19.0 Å². The van der Waals surface area contributed by atoms with E-state index >= 15 is 0 Å². The lowest BCUT2D eigenvalue weighted by Crippen LogP contribution is -2.20. The van der Waals surface area contributed by atoms with Gasteiger partial charge in [-0.1, -0.05) is 29.8 Å². The monoisotopic (exact) mass is 467 g/mol.